The summed E-state index contributed by atoms with van der Waals surface area (Å²) >= 11 is 0. The third-order valence-corrected chi connectivity index (χ3v) is 3.43. The fourth-order valence-corrected chi connectivity index (χ4v) is 2.22. The van der Waals surface area contributed by atoms with E-state index in [2.05, 4.69) is 0 Å². The molecule has 0 bridgehead atoms. The van der Waals surface area contributed by atoms with Gasteiger partial charge in [0, 0.05) is 28.3 Å². The molecule has 0 heterocycles. The van der Waals surface area contributed by atoms with Crippen molar-refractivity contribution in [2.45, 2.75) is 11.3 Å². The Balaban J connectivity index is 2.91. The molecular weight excluding hydrogens is 240 g/mol. The highest BCUT2D eigenvalue weighted by molar-refractivity contribution is 7.85. The lowest BCUT2D eigenvalue weighted by Crippen LogP contribution is -2.33. The summed E-state index contributed by atoms with van der Waals surface area (Å²) in [4.78, 5) is -0.186. The summed E-state index contributed by atoms with van der Waals surface area (Å²) in [5.74, 6) is 0. The Bertz CT molecular complexity index is 718. The number of hydrogen-bond donors (Lipinski definition) is 3. The summed E-state index contributed by atoms with van der Waals surface area (Å²) in [6.45, 7) is 0. The van der Waals surface area contributed by atoms with Crippen LogP contribution in [0.4, 0.5) is 0 Å². The monoisotopic (exact) mass is 252 g/mol. The van der Waals surface area contributed by atoms with Crippen molar-refractivity contribution in [3.8, 4) is 0 Å². The summed E-state index contributed by atoms with van der Waals surface area (Å²) in [6.07, 6.45) is 4.02. The van der Waals surface area contributed by atoms with Crippen molar-refractivity contribution in [1.82, 2.24) is 0 Å². The van der Waals surface area contributed by atoms with Crippen LogP contribution in [-0.2, 0) is 10.1 Å². The minimum atomic E-state index is -4.23. The summed E-state index contributed by atoms with van der Waals surface area (Å²) < 4.78 is 31.1. The van der Waals surface area contributed by atoms with Gasteiger partial charge in [-0.15, -0.1) is 0 Å². The lowest BCUT2D eigenvalue weighted by atomic mass is 10.2. The van der Waals surface area contributed by atoms with Crippen molar-refractivity contribution >= 4 is 21.5 Å². The van der Waals surface area contributed by atoms with Gasteiger partial charge in [-0.05, 0) is 18.2 Å². The average molecular weight is 252 g/mol. The van der Waals surface area contributed by atoms with E-state index >= 15 is 0 Å². The van der Waals surface area contributed by atoms with E-state index in [0.29, 0.717) is 28.3 Å². The molecule has 0 unspecified atom stereocenters. The molecular formula is C11H12N2O3S. The Labute approximate surface area is 98.5 Å². The van der Waals surface area contributed by atoms with Gasteiger partial charge in [-0.3, -0.25) is 4.55 Å². The molecule has 1 aromatic carbocycles. The van der Waals surface area contributed by atoms with Crippen molar-refractivity contribution in [2.75, 3.05) is 0 Å². The van der Waals surface area contributed by atoms with Crippen LogP contribution in [0.25, 0.3) is 11.4 Å². The lowest BCUT2D eigenvalue weighted by Gasteiger charge is -2.01. The minimum absolute atomic E-state index is 0.186. The van der Waals surface area contributed by atoms with Crippen LogP contribution in [0.3, 0.4) is 0 Å². The van der Waals surface area contributed by atoms with Crippen molar-refractivity contribution in [1.29, 1.82) is 0 Å². The van der Waals surface area contributed by atoms with Crippen LogP contribution in [0, 0.1) is 0 Å². The number of benzene rings is 1. The smallest absolute Gasteiger partial charge is 0.294 e. The fourth-order valence-electron chi connectivity index (χ4n) is 1.71. The summed E-state index contributed by atoms with van der Waals surface area (Å²) in [5, 5.41) is 1.21. The molecule has 0 radical (unpaired) electrons. The van der Waals surface area contributed by atoms with Crippen LogP contribution in [0.2, 0.25) is 0 Å². The maximum absolute atomic E-state index is 11.0. The summed E-state index contributed by atoms with van der Waals surface area (Å²) in [5.41, 5.74) is 12.7. The van der Waals surface area contributed by atoms with Crippen LogP contribution in [0.15, 0.2) is 35.2 Å². The summed E-state index contributed by atoms with van der Waals surface area (Å²) in [7, 11) is -4.23. The van der Waals surface area contributed by atoms with E-state index in [0.717, 1.165) is 0 Å². The number of hydrogen-bond acceptors (Lipinski definition) is 4. The highest BCUT2D eigenvalue weighted by atomic mass is 32.2. The fraction of sp³-hybridized carbons (Fsp3) is 0.0909. The predicted octanol–water partition coefficient (Wildman–Crippen LogP) is -0.973. The third kappa shape index (κ3) is 2.17. The van der Waals surface area contributed by atoms with Gasteiger partial charge in [0.25, 0.3) is 10.1 Å². The van der Waals surface area contributed by atoms with Gasteiger partial charge < -0.3 is 11.5 Å². The van der Waals surface area contributed by atoms with E-state index in [-0.39, 0.29) is 4.90 Å². The van der Waals surface area contributed by atoms with Gasteiger partial charge in [0.05, 0.1) is 4.90 Å². The first-order chi connectivity index (χ1) is 7.89. The second-order valence-electron chi connectivity index (χ2n) is 3.77. The normalized spacial score (nSPS) is 15.6. The highest BCUT2D eigenvalue weighted by Crippen LogP contribution is 2.05. The molecule has 6 heteroatoms. The molecule has 1 aliphatic rings. The minimum Gasteiger partial charge on any atom is -0.401 e. The Kier molecular flexibility index (Phi) is 2.68. The first kappa shape index (κ1) is 11.7. The largest absolute Gasteiger partial charge is 0.401 e. The van der Waals surface area contributed by atoms with Crippen LogP contribution >= 0.6 is 0 Å². The van der Waals surface area contributed by atoms with Crippen LogP contribution in [-0.4, -0.2) is 13.0 Å². The lowest BCUT2D eigenvalue weighted by molar-refractivity contribution is 0.483. The molecule has 0 aliphatic heterocycles. The molecule has 5 N–H and O–H groups in total. The zero-order chi connectivity index (χ0) is 12.6. The molecule has 0 fully saturated rings. The van der Waals surface area contributed by atoms with Crippen molar-refractivity contribution < 1.29 is 13.0 Å². The number of fused-ring (bicyclic) bond motifs is 1. The van der Waals surface area contributed by atoms with E-state index < -0.39 is 10.1 Å². The molecule has 0 atom stereocenters. The molecule has 0 aromatic heterocycles. The van der Waals surface area contributed by atoms with Gasteiger partial charge in [0.15, 0.2) is 0 Å². The van der Waals surface area contributed by atoms with Crippen molar-refractivity contribution in [2.24, 2.45) is 11.5 Å². The third-order valence-electron chi connectivity index (χ3n) is 2.58. The molecule has 1 aliphatic carbocycles. The van der Waals surface area contributed by atoms with E-state index in [9.17, 15) is 8.42 Å². The van der Waals surface area contributed by atoms with Crippen LogP contribution < -0.4 is 21.9 Å². The Hall–Kier alpha value is -1.79. The quantitative estimate of drug-likeness (QED) is 0.557. The second kappa shape index (κ2) is 3.90. The van der Waals surface area contributed by atoms with Gasteiger partial charge in [-0.25, -0.2) is 0 Å². The number of nitrogens with two attached hydrogens (primary N) is 2. The predicted molar refractivity (Wildman–Crippen MR) is 64.5 cm³/mol. The van der Waals surface area contributed by atoms with Crippen molar-refractivity contribution in [3.05, 3.63) is 40.8 Å². The maximum atomic E-state index is 11.0. The Morgan fingerprint density at radius 2 is 1.88 bits per heavy atom. The van der Waals surface area contributed by atoms with E-state index in [1.54, 1.807) is 12.2 Å². The molecule has 0 saturated heterocycles. The molecule has 1 aromatic rings. The van der Waals surface area contributed by atoms with Gasteiger partial charge >= 0.3 is 0 Å². The molecule has 2 rings (SSSR count). The SMILES string of the molecule is NC1=c2ccc(S(=O)(=O)O)cc2=C(N)CC=C1. The van der Waals surface area contributed by atoms with E-state index in [4.69, 9.17) is 16.0 Å². The zero-order valence-corrected chi connectivity index (χ0v) is 9.74. The molecule has 17 heavy (non-hydrogen) atoms. The molecule has 0 spiro atoms. The zero-order valence-electron chi connectivity index (χ0n) is 8.92. The topological polar surface area (TPSA) is 106 Å². The maximum Gasteiger partial charge on any atom is 0.294 e. The summed E-state index contributed by atoms with van der Waals surface area (Å²) in [6, 6.07) is 4.17. The second-order valence-corrected chi connectivity index (χ2v) is 5.19. The first-order valence-electron chi connectivity index (χ1n) is 4.92. The first-order valence-corrected chi connectivity index (χ1v) is 6.36. The Morgan fingerprint density at radius 1 is 1.18 bits per heavy atom. The van der Waals surface area contributed by atoms with E-state index in [1.807, 2.05) is 0 Å². The van der Waals surface area contributed by atoms with Gasteiger partial charge in [0.2, 0.25) is 0 Å². The average Bonchev–Trinajstić information content (AvgIpc) is 2.39. The molecule has 5 nitrogen and oxygen atoms in total. The molecule has 90 valence electrons. The molecule has 0 saturated carbocycles. The highest BCUT2D eigenvalue weighted by Gasteiger charge is 2.10. The number of rotatable bonds is 1. The van der Waals surface area contributed by atoms with Crippen LogP contribution in [0.1, 0.15) is 6.42 Å². The molecule has 0 amide bonds. The Morgan fingerprint density at radius 3 is 2.53 bits per heavy atom. The van der Waals surface area contributed by atoms with E-state index in [1.165, 1.54) is 18.2 Å². The standard InChI is InChI=1S/C11H12N2O3S/c12-10-2-1-3-11(13)9-6-7(17(14,15)16)4-5-8(9)10/h1-2,4-6H,3,12-13H2,(H,14,15,16). The van der Waals surface area contributed by atoms with Crippen LogP contribution in [0.5, 0.6) is 0 Å². The van der Waals surface area contributed by atoms with Gasteiger partial charge in [-0.2, -0.15) is 8.42 Å². The van der Waals surface area contributed by atoms with Crippen molar-refractivity contribution in [3.63, 3.8) is 0 Å². The van der Waals surface area contributed by atoms with Gasteiger partial charge in [-0.1, -0.05) is 12.1 Å². The van der Waals surface area contributed by atoms with Gasteiger partial charge in [0.1, 0.15) is 0 Å².